The fraction of sp³-hybridized carbons (Fsp3) is 0.211. The van der Waals surface area contributed by atoms with Gasteiger partial charge in [0.2, 0.25) is 0 Å². The van der Waals surface area contributed by atoms with E-state index in [1.54, 1.807) is 29.0 Å². The zero-order valence-electron chi connectivity index (χ0n) is 14.6. The highest BCUT2D eigenvalue weighted by Crippen LogP contribution is 2.31. The molecule has 6 nitrogen and oxygen atoms in total. The number of halogens is 1. The SMILES string of the molecule is Cn1c2c(c(S)c(Cl)c1=O)CN(C(=O)c1cnn(Cc3ccccc3)c1)C2. The molecule has 138 valence electrons. The number of carbonyl (C=O) groups excluding carboxylic acids is 1. The van der Waals surface area contributed by atoms with Crippen LogP contribution >= 0.6 is 24.2 Å². The standard InChI is InChI=1S/C19H17ClN4O2S/c1-22-15-11-23(10-14(15)17(27)16(20)19(22)26)18(25)13-7-21-24(9-13)8-12-5-3-2-4-6-12/h2-7,9,27H,8,10-11H2,1H3. The Hall–Kier alpha value is -2.51. The van der Waals surface area contributed by atoms with Crippen LogP contribution < -0.4 is 5.56 Å². The number of nitrogens with zero attached hydrogens (tertiary/aromatic N) is 4. The number of carbonyl (C=O) groups is 1. The summed E-state index contributed by atoms with van der Waals surface area (Å²) in [6.07, 6.45) is 3.31. The Morgan fingerprint density at radius 3 is 2.74 bits per heavy atom. The van der Waals surface area contributed by atoms with Gasteiger partial charge < -0.3 is 9.47 Å². The van der Waals surface area contributed by atoms with Crippen molar-refractivity contribution in [3.8, 4) is 0 Å². The van der Waals surface area contributed by atoms with Gasteiger partial charge >= 0.3 is 0 Å². The number of amides is 1. The summed E-state index contributed by atoms with van der Waals surface area (Å²) < 4.78 is 3.23. The lowest BCUT2D eigenvalue weighted by Gasteiger charge is -2.14. The van der Waals surface area contributed by atoms with Crippen LogP contribution in [0.1, 0.15) is 27.2 Å². The van der Waals surface area contributed by atoms with Crippen LogP contribution in [-0.2, 0) is 26.7 Å². The van der Waals surface area contributed by atoms with Crippen molar-refractivity contribution >= 4 is 30.1 Å². The average molecular weight is 401 g/mol. The predicted octanol–water partition coefficient (Wildman–Crippen LogP) is 2.73. The summed E-state index contributed by atoms with van der Waals surface area (Å²) in [5.74, 6) is -0.137. The van der Waals surface area contributed by atoms with E-state index in [1.165, 1.54) is 4.57 Å². The van der Waals surface area contributed by atoms with Crippen LogP contribution in [0.5, 0.6) is 0 Å². The molecule has 1 aliphatic heterocycles. The maximum Gasteiger partial charge on any atom is 0.270 e. The lowest BCUT2D eigenvalue weighted by molar-refractivity contribution is 0.0749. The summed E-state index contributed by atoms with van der Waals surface area (Å²) in [6.45, 7) is 1.30. The number of benzene rings is 1. The van der Waals surface area contributed by atoms with Crippen LogP contribution in [0.2, 0.25) is 5.02 Å². The number of rotatable bonds is 3. The van der Waals surface area contributed by atoms with Crippen molar-refractivity contribution < 1.29 is 4.79 Å². The van der Waals surface area contributed by atoms with Gasteiger partial charge in [-0.3, -0.25) is 14.3 Å². The van der Waals surface area contributed by atoms with E-state index in [-0.39, 0.29) is 16.5 Å². The summed E-state index contributed by atoms with van der Waals surface area (Å²) in [5.41, 5.74) is 2.90. The maximum atomic E-state index is 12.9. The molecule has 0 aliphatic carbocycles. The van der Waals surface area contributed by atoms with Crippen LogP contribution in [-0.4, -0.2) is 25.2 Å². The van der Waals surface area contributed by atoms with E-state index in [9.17, 15) is 9.59 Å². The summed E-state index contributed by atoms with van der Waals surface area (Å²) >= 11 is 10.4. The van der Waals surface area contributed by atoms with Gasteiger partial charge in [0.25, 0.3) is 11.5 Å². The molecule has 2 aromatic heterocycles. The second kappa shape index (κ2) is 6.90. The molecule has 0 saturated carbocycles. The van der Waals surface area contributed by atoms with Crippen molar-refractivity contribution in [2.75, 3.05) is 0 Å². The van der Waals surface area contributed by atoms with E-state index in [1.807, 2.05) is 30.3 Å². The number of aromatic nitrogens is 3. The van der Waals surface area contributed by atoms with Crippen LogP contribution in [0.25, 0.3) is 0 Å². The third-order valence-corrected chi connectivity index (χ3v) is 5.76. The van der Waals surface area contributed by atoms with Crippen LogP contribution in [0.4, 0.5) is 0 Å². The minimum atomic E-state index is -0.301. The number of hydrogen-bond acceptors (Lipinski definition) is 4. The maximum absolute atomic E-state index is 12.9. The number of thiol groups is 1. The Balaban J connectivity index is 1.56. The van der Waals surface area contributed by atoms with Crippen LogP contribution in [0.15, 0.2) is 52.4 Å². The zero-order chi connectivity index (χ0) is 19.1. The van der Waals surface area contributed by atoms with E-state index in [0.717, 1.165) is 16.8 Å². The molecule has 0 N–H and O–H groups in total. The van der Waals surface area contributed by atoms with Gasteiger partial charge in [-0.1, -0.05) is 41.9 Å². The quantitative estimate of drug-likeness (QED) is 0.688. The van der Waals surface area contributed by atoms with Crippen molar-refractivity contribution in [3.05, 3.63) is 80.5 Å². The van der Waals surface area contributed by atoms with Crippen LogP contribution in [0.3, 0.4) is 0 Å². The van der Waals surface area contributed by atoms with Gasteiger partial charge in [-0.2, -0.15) is 5.10 Å². The normalized spacial score (nSPS) is 13.1. The Kier molecular flexibility index (Phi) is 4.57. The third kappa shape index (κ3) is 3.17. The second-order valence-electron chi connectivity index (χ2n) is 6.53. The highest BCUT2D eigenvalue weighted by atomic mass is 35.5. The second-order valence-corrected chi connectivity index (χ2v) is 7.35. The molecule has 27 heavy (non-hydrogen) atoms. The molecular weight excluding hydrogens is 384 g/mol. The summed E-state index contributed by atoms with van der Waals surface area (Å²) in [7, 11) is 1.66. The van der Waals surface area contributed by atoms with Crippen molar-refractivity contribution in [2.45, 2.75) is 24.5 Å². The number of hydrogen-bond donors (Lipinski definition) is 1. The molecule has 0 spiro atoms. The van der Waals surface area contributed by atoms with E-state index in [4.69, 9.17) is 11.6 Å². The van der Waals surface area contributed by atoms with Gasteiger partial charge in [-0.05, 0) is 5.56 Å². The minimum absolute atomic E-state index is 0.0876. The van der Waals surface area contributed by atoms with Crippen molar-refractivity contribution in [3.63, 3.8) is 0 Å². The molecule has 3 aromatic rings. The molecular formula is C19H17ClN4O2S. The molecule has 1 aliphatic rings. The zero-order valence-corrected chi connectivity index (χ0v) is 16.2. The number of fused-ring (bicyclic) bond motifs is 1. The Bertz CT molecular complexity index is 1090. The minimum Gasteiger partial charge on any atom is -0.328 e. The highest BCUT2D eigenvalue weighted by molar-refractivity contribution is 7.80. The van der Waals surface area contributed by atoms with E-state index >= 15 is 0 Å². The molecule has 0 saturated heterocycles. The molecule has 0 bridgehead atoms. The van der Waals surface area contributed by atoms with Crippen LogP contribution in [0, 0.1) is 0 Å². The molecule has 4 rings (SSSR count). The van der Waals surface area contributed by atoms with E-state index in [0.29, 0.717) is 30.1 Å². The van der Waals surface area contributed by atoms with Crippen molar-refractivity contribution in [2.24, 2.45) is 7.05 Å². The molecule has 0 unspecified atom stereocenters. The lowest BCUT2D eigenvalue weighted by atomic mass is 10.2. The Morgan fingerprint density at radius 2 is 2.00 bits per heavy atom. The van der Waals surface area contributed by atoms with Crippen molar-refractivity contribution in [1.29, 1.82) is 0 Å². The largest absolute Gasteiger partial charge is 0.328 e. The van der Waals surface area contributed by atoms with Gasteiger partial charge in [0.15, 0.2) is 0 Å². The first-order valence-corrected chi connectivity index (χ1v) is 9.23. The first kappa shape index (κ1) is 17.9. The van der Waals surface area contributed by atoms with E-state index < -0.39 is 0 Å². The monoisotopic (exact) mass is 400 g/mol. The summed E-state index contributed by atoms with van der Waals surface area (Å²) in [5, 5.41) is 4.38. The van der Waals surface area contributed by atoms with Crippen molar-refractivity contribution in [1.82, 2.24) is 19.2 Å². The average Bonchev–Trinajstić information content (AvgIpc) is 3.32. The molecule has 0 atom stereocenters. The van der Waals surface area contributed by atoms with Gasteiger partial charge in [-0.15, -0.1) is 12.6 Å². The molecule has 3 heterocycles. The number of pyridine rings is 1. The topological polar surface area (TPSA) is 60.1 Å². The van der Waals surface area contributed by atoms with Gasteiger partial charge in [0.1, 0.15) is 5.02 Å². The fourth-order valence-corrected chi connectivity index (χ4v) is 3.83. The van der Waals surface area contributed by atoms with Gasteiger partial charge in [0.05, 0.1) is 24.8 Å². The molecule has 0 fully saturated rings. The molecule has 0 radical (unpaired) electrons. The van der Waals surface area contributed by atoms with E-state index in [2.05, 4.69) is 17.7 Å². The first-order chi connectivity index (χ1) is 13.0. The van der Waals surface area contributed by atoms with Gasteiger partial charge in [0, 0.05) is 35.9 Å². The smallest absolute Gasteiger partial charge is 0.270 e. The van der Waals surface area contributed by atoms with Gasteiger partial charge in [-0.25, -0.2) is 0 Å². The first-order valence-electron chi connectivity index (χ1n) is 8.40. The molecule has 1 aromatic carbocycles. The fourth-order valence-electron chi connectivity index (χ4n) is 3.30. The summed E-state index contributed by atoms with van der Waals surface area (Å²) in [6, 6.07) is 9.92. The predicted molar refractivity (Wildman–Crippen MR) is 105 cm³/mol. The Morgan fingerprint density at radius 1 is 1.26 bits per heavy atom. The lowest BCUT2D eigenvalue weighted by Crippen LogP contribution is -2.26. The summed E-state index contributed by atoms with van der Waals surface area (Å²) in [4.78, 5) is 27.2. The molecule has 8 heteroatoms. The molecule has 1 amide bonds. The highest BCUT2D eigenvalue weighted by Gasteiger charge is 2.30. The Labute approximate surface area is 166 Å². The third-order valence-electron chi connectivity index (χ3n) is 4.78.